The molecule has 0 bridgehead atoms. The number of carbonyl (C=O) groups is 1. The number of esters is 1. The van der Waals surface area contributed by atoms with Gasteiger partial charge in [0.25, 0.3) is 0 Å². The van der Waals surface area contributed by atoms with Crippen LogP contribution in [0.25, 0.3) is 0 Å². The van der Waals surface area contributed by atoms with E-state index in [1.54, 1.807) is 6.07 Å². The van der Waals surface area contributed by atoms with Crippen molar-refractivity contribution >= 4 is 17.6 Å². The SMILES string of the molecule is COC(=O)COc1c(Cl)cccc1CNC(C)C. The third kappa shape index (κ3) is 4.55. The van der Waals surface area contributed by atoms with Crippen LogP contribution in [-0.4, -0.2) is 25.7 Å². The Morgan fingerprint density at radius 2 is 2.17 bits per heavy atom. The van der Waals surface area contributed by atoms with Crippen LogP contribution in [0.4, 0.5) is 0 Å². The van der Waals surface area contributed by atoms with E-state index in [1.165, 1.54) is 7.11 Å². The highest BCUT2D eigenvalue weighted by atomic mass is 35.5. The number of benzene rings is 1. The molecule has 0 saturated carbocycles. The van der Waals surface area contributed by atoms with Gasteiger partial charge in [0, 0.05) is 18.2 Å². The van der Waals surface area contributed by atoms with E-state index in [4.69, 9.17) is 16.3 Å². The lowest BCUT2D eigenvalue weighted by Gasteiger charge is -2.14. The largest absolute Gasteiger partial charge is 0.480 e. The second kappa shape index (κ2) is 7.24. The first-order valence-corrected chi connectivity index (χ1v) is 6.12. The molecule has 0 radical (unpaired) electrons. The van der Waals surface area contributed by atoms with Crippen molar-refractivity contribution in [1.82, 2.24) is 5.32 Å². The maximum absolute atomic E-state index is 11.1. The number of ether oxygens (including phenoxy) is 2. The van der Waals surface area contributed by atoms with E-state index in [0.29, 0.717) is 23.4 Å². The molecule has 18 heavy (non-hydrogen) atoms. The van der Waals surface area contributed by atoms with Gasteiger partial charge in [0.15, 0.2) is 6.61 Å². The van der Waals surface area contributed by atoms with Gasteiger partial charge in [-0.05, 0) is 6.07 Å². The minimum absolute atomic E-state index is 0.144. The van der Waals surface area contributed by atoms with Crippen LogP contribution in [0.5, 0.6) is 5.75 Å². The molecule has 5 heteroatoms. The topological polar surface area (TPSA) is 47.6 Å². The standard InChI is InChI=1S/C13H18ClNO3/c1-9(2)15-7-10-5-4-6-11(14)13(10)18-8-12(16)17-3/h4-6,9,15H,7-8H2,1-3H3. The molecule has 0 atom stereocenters. The number of carbonyl (C=O) groups excluding carboxylic acids is 1. The van der Waals surface area contributed by atoms with Crippen LogP contribution in [0.2, 0.25) is 5.02 Å². The summed E-state index contributed by atoms with van der Waals surface area (Å²) in [7, 11) is 1.32. The number of halogens is 1. The molecule has 0 aliphatic carbocycles. The van der Waals surface area contributed by atoms with Crippen molar-refractivity contribution in [3.63, 3.8) is 0 Å². The summed E-state index contributed by atoms with van der Waals surface area (Å²) in [5.74, 6) is 0.0930. The molecule has 1 aromatic carbocycles. The van der Waals surface area contributed by atoms with E-state index in [0.717, 1.165) is 5.56 Å². The Hall–Kier alpha value is -1.26. The molecule has 1 N–H and O–H groups in total. The number of hydrogen-bond donors (Lipinski definition) is 1. The quantitative estimate of drug-likeness (QED) is 0.807. The van der Waals surface area contributed by atoms with Crippen molar-refractivity contribution in [2.45, 2.75) is 26.4 Å². The molecule has 0 aliphatic rings. The van der Waals surface area contributed by atoms with Crippen molar-refractivity contribution in [3.05, 3.63) is 28.8 Å². The summed E-state index contributed by atoms with van der Waals surface area (Å²) in [4.78, 5) is 11.1. The van der Waals surface area contributed by atoms with E-state index in [-0.39, 0.29) is 6.61 Å². The second-order valence-electron chi connectivity index (χ2n) is 4.13. The molecule has 4 nitrogen and oxygen atoms in total. The Morgan fingerprint density at radius 3 is 2.78 bits per heavy atom. The molecule has 0 saturated heterocycles. The predicted octanol–water partition coefficient (Wildman–Crippen LogP) is 2.39. The second-order valence-corrected chi connectivity index (χ2v) is 4.54. The number of para-hydroxylation sites is 1. The van der Waals surface area contributed by atoms with Gasteiger partial charge in [0.2, 0.25) is 0 Å². The van der Waals surface area contributed by atoms with Gasteiger partial charge in [-0.3, -0.25) is 0 Å². The van der Waals surface area contributed by atoms with Crippen molar-refractivity contribution in [2.75, 3.05) is 13.7 Å². The Balaban J connectivity index is 2.76. The summed E-state index contributed by atoms with van der Waals surface area (Å²) < 4.78 is 9.93. The minimum atomic E-state index is -0.433. The van der Waals surface area contributed by atoms with Crippen molar-refractivity contribution in [1.29, 1.82) is 0 Å². The average Bonchev–Trinajstić information content (AvgIpc) is 2.34. The lowest BCUT2D eigenvalue weighted by atomic mass is 10.2. The van der Waals surface area contributed by atoms with E-state index >= 15 is 0 Å². The first-order chi connectivity index (χ1) is 8.54. The molecule has 0 aromatic heterocycles. The van der Waals surface area contributed by atoms with E-state index in [9.17, 15) is 4.79 Å². The van der Waals surface area contributed by atoms with E-state index in [2.05, 4.69) is 23.9 Å². The maximum atomic E-state index is 11.1. The minimum Gasteiger partial charge on any atom is -0.480 e. The zero-order valence-corrected chi connectivity index (χ0v) is 11.6. The monoisotopic (exact) mass is 271 g/mol. The summed E-state index contributed by atoms with van der Waals surface area (Å²) >= 11 is 6.07. The zero-order chi connectivity index (χ0) is 13.5. The Bertz CT molecular complexity index is 407. The number of nitrogens with one attached hydrogen (secondary N) is 1. The smallest absolute Gasteiger partial charge is 0.343 e. The van der Waals surface area contributed by atoms with Crippen LogP contribution < -0.4 is 10.1 Å². The fourth-order valence-corrected chi connectivity index (χ4v) is 1.61. The van der Waals surface area contributed by atoms with E-state index in [1.807, 2.05) is 12.1 Å². The summed E-state index contributed by atoms with van der Waals surface area (Å²) in [6, 6.07) is 5.85. The van der Waals surface area contributed by atoms with Gasteiger partial charge in [-0.15, -0.1) is 0 Å². The molecule has 100 valence electrons. The third-order valence-electron chi connectivity index (χ3n) is 2.31. The first kappa shape index (κ1) is 14.8. The molecule has 0 amide bonds. The van der Waals surface area contributed by atoms with Crippen LogP contribution in [0.3, 0.4) is 0 Å². The van der Waals surface area contributed by atoms with Crippen LogP contribution in [-0.2, 0) is 16.1 Å². The lowest BCUT2D eigenvalue weighted by Crippen LogP contribution is -2.22. The normalized spacial score (nSPS) is 10.5. The van der Waals surface area contributed by atoms with Crippen molar-refractivity contribution in [2.24, 2.45) is 0 Å². The van der Waals surface area contributed by atoms with Gasteiger partial charge >= 0.3 is 5.97 Å². The van der Waals surface area contributed by atoms with Crippen molar-refractivity contribution < 1.29 is 14.3 Å². The maximum Gasteiger partial charge on any atom is 0.343 e. The summed E-state index contributed by atoms with van der Waals surface area (Å²) in [5, 5.41) is 3.76. The van der Waals surface area contributed by atoms with Gasteiger partial charge in [-0.2, -0.15) is 0 Å². The molecule has 0 aliphatic heterocycles. The highest BCUT2D eigenvalue weighted by Gasteiger charge is 2.11. The summed E-state index contributed by atoms with van der Waals surface area (Å²) in [6.07, 6.45) is 0. The fourth-order valence-electron chi connectivity index (χ4n) is 1.36. The highest BCUT2D eigenvalue weighted by molar-refractivity contribution is 6.32. The van der Waals surface area contributed by atoms with Crippen LogP contribution in [0.15, 0.2) is 18.2 Å². The number of hydrogen-bond acceptors (Lipinski definition) is 4. The Labute approximate surface area is 112 Å². The molecule has 1 rings (SSSR count). The van der Waals surface area contributed by atoms with Gasteiger partial charge in [-0.25, -0.2) is 4.79 Å². The number of methoxy groups -OCH3 is 1. The van der Waals surface area contributed by atoms with Crippen molar-refractivity contribution in [3.8, 4) is 5.75 Å². The molecule has 1 aromatic rings. The van der Waals surface area contributed by atoms with Crippen LogP contribution >= 0.6 is 11.6 Å². The molecule has 0 fully saturated rings. The lowest BCUT2D eigenvalue weighted by molar-refractivity contribution is -0.142. The van der Waals surface area contributed by atoms with Crippen LogP contribution in [0.1, 0.15) is 19.4 Å². The number of rotatable bonds is 6. The third-order valence-corrected chi connectivity index (χ3v) is 2.61. The average molecular weight is 272 g/mol. The molecule has 0 unspecified atom stereocenters. The van der Waals surface area contributed by atoms with Gasteiger partial charge in [0.1, 0.15) is 5.75 Å². The van der Waals surface area contributed by atoms with Gasteiger partial charge in [0.05, 0.1) is 12.1 Å². The molecule has 0 spiro atoms. The van der Waals surface area contributed by atoms with Gasteiger partial charge < -0.3 is 14.8 Å². The molecular weight excluding hydrogens is 254 g/mol. The van der Waals surface area contributed by atoms with Gasteiger partial charge in [-0.1, -0.05) is 37.6 Å². The summed E-state index contributed by atoms with van der Waals surface area (Å²) in [6.45, 7) is 4.60. The van der Waals surface area contributed by atoms with Crippen LogP contribution in [0, 0.1) is 0 Å². The first-order valence-electron chi connectivity index (χ1n) is 5.75. The Morgan fingerprint density at radius 1 is 1.44 bits per heavy atom. The fraction of sp³-hybridized carbons (Fsp3) is 0.462. The zero-order valence-electron chi connectivity index (χ0n) is 10.8. The van der Waals surface area contributed by atoms with E-state index < -0.39 is 5.97 Å². The highest BCUT2D eigenvalue weighted by Crippen LogP contribution is 2.28. The molecular formula is C13H18ClNO3. The predicted molar refractivity (Wildman–Crippen MR) is 70.9 cm³/mol. The Kier molecular flexibility index (Phi) is 5.95. The summed E-state index contributed by atoms with van der Waals surface area (Å²) in [5.41, 5.74) is 0.917. The molecule has 0 heterocycles.